The van der Waals surface area contributed by atoms with Crippen LogP contribution in [0.15, 0.2) is 30.3 Å². The first kappa shape index (κ1) is 13.6. The Morgan fingerprint density at radius 3 is 2.35 bits per heavy atom. The fraction of sp³-hybridized carbons (Fsp3) is 0.417. The van der Waals surface area contributed by atoms with Crippen LogP contribution in [0.3, 0.4) is 0 Å². The molecule has 0 heterocycles. The van der Waals surface area contributed by atoms with Gasteiger partial charge in [0.15, 0.2) is 0 Å². The van der Waals surface area contributed by atoms with Crippen LogP contribution in [-0.4, -0.2) is 37.3 Å². The Morgan fingerprint density at radius 1 is 1.29 bits per heavy atom. The summed E-state index contributed by atoms with van der Waals surface area (Å²) >= 11 is 0. The van der Waals surface area contributed by atoms with Crippen molar-refractivity contribution in [1.82, 2.24) is 4.90 Å². The Bertz CT molecular complexity index is 354. The molecule has 5 heteroatoms. The fourth-order valence-corrected chi connectivity index (χ4v) is 1.69. The van der Waals surface area contributed by atoms with E-state index in [9.17, 15) is 8.78 Å². The molecule has 0 saturated carbocycles. The van der Waals surface area contributed by atoms with Gasteiger partial charge in [-0.25, -0.2) is 8.78 Å². The topological polar surface area (TPSA) is 53.1 Å². The summed E-state index contributed by atoms with van der Waals surface area (Å²) in [7, 11) is 1.60. The molecule has 17 heavy (non-hydrogen) atoms. The average molecular weight is 241 g/mol. The Labute approximate surface area is 99.7 Å². The molecule has 0 aliphatic heterocycles. The van der Waals surface area contributed by atoms with Crippen LogP contribution in [0.5, 0.6) is 0 Å². The number of rotatable bonds is 6. The predicted octanol–water partition coefficient (Wildman–Crippen LogP) is 1.90. The summed E-state index contributed by atoms with van der Waals surface area (Å²) < 4.78 is 24.4. The van der Waals surface area contributed by atoms with E-state index in [4.69, 9.17) is 11.1 Å². The molecule has 1 aromatic carbocycles. The quantitative estimate of drug-likeness (QED) is 0.590. The lowest BCUT2D eigenvalue weighted by molar-refractivity contribution is 0.0998. The van der Waals surface area contributed by atoms with E-state index in [1.807, 2.05) is 30.3 Å². The van der Waals surface area contributed by atoms with Crippen LogP contribution in [0.25, 0.3) is 0 Å². The van der Waals surface area contributed by atoms with Gasteiger partial charge in [0, 0.05) is 6.54 Å². The summed E-state index contributed by atoms with van der Waals surface area (Å²) in [5.74, 6) is -0.336. The number of likely N-dealkylation sites (N-methyl/N-ethyl adjacent to an activating group) is 1. The standard InChI is InChI=1S/C12H17F2N3/c1-17(8-11(13)14)7-10(12(15)16)9-5-3-2-4-6-9/h2-6,10-11H,7-8H2,1H3,(H3,15,16). The van der Waals surface area contributed by atoms with Gasteiger partial charge < -0.3 is 5.73 Å². The van der Waals surface area contributed by atoms with Gasteiger partial charge in [-0.3, -0.25) is 10.3 Å². The Balaban J connectivity index is 2.71. The molecule has 1 atom stereocenters. The normalized spacial score (nSPS) is 13.0. The second-order valence-corrected chi connectivity index (χ2v) is 4.03. The first-order valence-electron chi connectivity index (χ1n) is 5.36. The largest absolute Gasteiger partial charge is 0.387 e. The zero-order valence-electron chi connectivity index (χ0n) is 9.74. The zero-order valence-corrected chi connectivity index (χ0v) is 9.74. The number of alkyl halides is 2. The molecule has 0 radical (unpaired) electrons. The van der Waals surface area contributed by atoms with E-state index < -0.39 is 6.43 Å². The third-order valence-electron chi connectivity index (χ3n) is 2.52. The molecular formula is C12H17F2N3. The summed E-state index contributed by atoms with van der Waals surface area (Å²) in [5.41, 5.74) is 6.39. The van der Waals surface area contributed by atoms with Gasteiger partial charge in [0.05, 0.1) is 18.3 Å². The number of hydrogen-bond acceptors (Lipinski definition) is 2. The maximum absolute atomic E-state index is 12.2. The molecule has 94 valence electrons. The van der Waals surface area contributed by atoms with Crippen molar-refractivity contribution in [2.45, 2.75) is 12.3 Å². The van der Waals surface area contributed by atoms with Crippen LogP contribution in [0.4, 0.5) is 8.78 Å². The van der Waals surface area contributed by atoms with Crippen LogP contribution in [-0.2, 0) is 0 Å². The number of hydrogen-bond donors (Lipinski definition) is 2. The van der Waals surface area contributed by atoms with Gasteiger partial charge >= 0.3 is 0 Å². The number of benzene rings is 1. The van der Waals surface area contributed by atoms with Crippen molar-refractivity contribution in [3.63, 3.8) is 0 Å². The van der Waals surface area contributed by atoms with Crippen LogP contribution in [0.2, 0.25) is 0 Å². The molecule has 3 N–H and O–H groups in total. The van der Waals surface area contributed by atoms with Gasteiger partial charge in [-0.05, 0) is 12.6 Å². The van der Waals surface area contributed by atoms with Crippen molar-refractivity contribution in [3.8, 4) is 0 Å². The van der Waals surface area contributed by atoms with Crippen molar-refractivity contribution in [3.05, 3.63) is 35.9 Å². The minimum atomic E-state index is -2.37. The van der Waals surface area contributed by atoms with Crippen molar-refractivity contribution in [2.75, 3.05) is 20.1 Å². The van der Waals surface area contributed by atoms with Gasteiger partial charge in [-0.15, -0.1) is 0 Å². The highest BCUT2D eigenvalue weighted by Crippen LogP contribution is 2.16. The third kappa shape index (κ3) is 4.48. The van der Waals surface area contributed by atoms with Crippen molar-refractivity contribution in [2.24, 2.45) is 5.73 Å². The van der Waals surface area contributed by atoms with E-state index >= 15 is 0 Å². The molecule has 0 bridgehead atoms. The predicted molar refractivity (Wildman–Crippen MR) is 64.6 cm³/mol. The second-order valence-electron chi connectivity index (χ2n) is 4.03. The van der Waals surface area contributed by atoms with Crippen LogP contribution in [0, 0.1) is 5.41 Å². The fourth-order valence-electron chi connectivity index (χ4n) is 1.69. The maximum Gasteiger partial charge on any atom is 0.251 e. The SMILES string of the molecule is CN(CC(F)F)CC(C(=N)N)c1ccccc1. The number of nitrogens with zero attached hydrogens (tertiary/aromatic N) is 1. The number of nitrogens with two attached hydrogens (primary N) is 1. The smallest absolute Gasteiger partial charge is 0.251 e. The lowest BCUT2D eigenvalue weighted by atomic mass is 9.97. The number of amidine groups is 1. The third-order valence-corrected chi connectivity index (χ3v) is 2.52. The van der Waals surface area contributed by atoms with Crippen LogP contribution in [0.1, 0.15) is 11.5 Å². The monoisotopic (exact) mass is 241 g/mol. The van der Waals surface area contributed by atoms with E-state index in [0.717, 1.165) is 5.56 Å². The number of nitrogens with one attached hydrogen (secondary N) is 1. The Morgan fingerprint density at radius 2 is 1.88 bits per heavy atom. The van der Waals surface area contributed by atoms with Crippen molar-refractivity contribution >= 4 is 5.84 Å². The van der Waals surface area contributed by atoms with Crippen molar-refractivity contribution < 1.29 is 8.78 Å². The molecule has 0 aliphatic rings. The van der Waals surface area contributed by atoms with E-state index in [-0.39, 0.29) is 18.3 Å². The first-order chi connectivity index (χ1) is 8.00. The van der Waals surface area contributed by atoms with E-state index in [1.165, 1.54) is 4.90 Å². The summed E-state index contributed by atoms with van der Waals surface area (Å²) in [5, 5.41) is 7.53. The molecule has 1 rings (SSSR count). The summed E-state index contributed by atoms with van der Waals surface area (Å²) in [6.07, 6.45) is -2.37. The molecule has 1 aromatic rings. The lowest BCUT2D eigenvalue weighted by Gasteiger charge is -2.23. The molecule has 0 aromatic heterocycles. The highest BCUT2D eigenvalue weighted by molar-refractivity contribution is 5.84. The highest BCUT2D eigenvalue weighted by atomic mass is 19.3. The molecule has 0 aliphatic carbocycles. The second kappa shape index (κ2) is 6.30. The minimum absolute atomic E-state index is 0.00248. The van der Waals surface area contributed by atoms with Crippen LogP contribution >= 0.6 is 0 Å². The van der Waals surface area contributed by atoms with E-state index in [2.05, 4.69) is 0 Å². The molecule has 0 saturated heterocycles. The van der Waals surface area contributed by atoms with Crippen LogP contribution < -0.4 is 5.73 Å². The van der Waals surface area contributed by atoms with Gasteiger partial charge in [0.1, 0.15) is 0 Å². The molecular weight excluding hydrogens is 224 g/mol. The summed E-state index contributed by atoms with van der Waals surface area (Å²) in [6.45, 7) is 0.0142. The lowest BCUT2D eigenvalue weighted by Crippen LogP contribution is -2.34. The van der Waals surface area contributed by atoms with Gasteiger partial charge in [0.2, 0.25) is 0 Å². The van der Waals surface area contributed by atoms with Gasteiger partial charge in [-0.2, -0.15) is 0 Å². The first-order valence-corrected chi connectivity index (χ1v) is 5.36. The molecule has 1 unspecified atom stereocenters. The summed E-state index contributed by atoms with van der Waals surface area (Å²) in [4.78, 5) is 1.49. The van der Waals surface area contributed by atoms with E-state index in [0.29, 0.717) is 6.54 Å². The Kier molecular flexibility index (Phi) is 5.03. The molecule has 0 spiro atoms. The van der Waals surface area contributed by atoms with Gasteiger partial charge in [-0.1, -0.05) is 30.3 Å². The molecule has 3 nitrogen and oxygen atoms in total. The highest BCUT2D eigenvalue weighted by Gasteiger charge is 2.18. The number of halogens is 2. The van der Waals surface area contributed by atoms with E-state index in [1.54, 1.807) is 7.05 Å². The zero-order chi connectivity index (χ0) is 12.8. The molecule has 0 amide bonds. The Hall–Kier alpha value is -1.49. The minimum Gasteiger partial charge on any atom is -0.387 e. The van der Waals surface area contributed by atoms with Crippen molar-refractivity contribution in [1.29, 1.82) is 5.41 Å². The average Bonchev–Trinajstić information content (AvgIpc) is 2.25. The summed E-state index contributed by atoms with van der Waals surface area (Å²) in [6, 6.07) is 9.25. The van der Waals surface area contributed by atoms with Gasteiger partial charge in [0.25, 0.3) is 6.43 Å². The maximum atomic E-state index is 12.2. The molecule has 0 fully saturated rings.